The van der Waals surface area contributed by atoms with Gasteiger partial charge in [0.15, 0.2) is 10.9 Å². The van der Waals surface area contributed by atoms with Crippen LogP contribution in [0.1, 0.15) is 62.3 Å². The highest BCUT2D eigenvalue weighted by Gasteiger charge is 2.24. The summed E-state index contributed by atoms with van der Waals surface area (Å²) < 4.78 is 5.09. The first-order chi connectivity index (χ1) is 14.4. The van der Waals surface area contributed by atoms with Gasteiger partial charge in [-0.3, -0.25) is 4.79 Å². The van der Waals surface area contributed by atoms with Gasteiger partial charge in [0.25, 0.3) is 0 Å². The van der Waals surface area contributed by atoms with Gasteiger partial charge < -0.3 is 15.5 Å². The third kappa shape index (κ3) is 3.72. The highest BCUT2D eigenvalue weighted by atomic mass is 32.2. The molecule has 9 heteroatoms. The van der Waals surface area contributed by atoms with Gasteiger partial charge in [0.2, 0.25) is 0 Å². The maximum Gasteiger partial charge on any atom is 0.340 e. The Morgan fingerprint density at radius 2 is 2.00 bits per heavy atom. The summed E-state index contributed by atoms with van der Waals surface area (Å²) in [5.41, 5.74) is 9.64. The Kier molecular flexibility index (Phi) is 5.84. The monoisotopic (exact) mass is 444 g/mol. The second-order valence-corrected chi connectivity index (χ2v) is 9.37. The molecule has 0 radical (unpaired) electrons. The number of rotatable bonds is 6. The molecular weight excluding hydrogens is 420 g/mol. The first-order valence-corrected chi connectivity index (χ1v) is 11.8. The Morgan fingerprint density at radius 3 is 2.77 bits per heavy atom. The Balaban J connectivity index is 1.54. The van der Waals surface area contributed by atoms with Gasteiger partial charge in [0.05, 0.1) is 29.0 Å². The molecule has 7 nitrogen and oxygen atoms in total. The van der Waals surface area contributed by atoms with Crippen LogP contribution in [0.2, 0.25) is 0 Å². The van der Waals surface area contributed by atoms with Crippen LogP contribution in [0.4, 0.5) is 5.82 Å². The Bertz CT molecular complexity index is 1150. The number of thioether (sulfide) groups is 1. The number of nitrogens with one attached hydrogen (secondary N) is 1. The fourth-order valence-electron chi connectivity index (χ4n) is 3.97. The van der Waals surface area contributed by atoms with Crippen molar-refractivity contribution in [3.63, 3.8) is 0 Å². The van der Waals surface area contributed by atoms with Crippen LogP contribution in [0.25, 0.3) is 10.2 Å². The number of fused-ring (bicyclic) bond motifs is 3. The van der Waals surface area contributed by atoms with Gasteiger partial charge in [0.1, 0.15) is 10.6 Å². The molecule has 0 saturated carbocycles. The molecular formula is C21H24N4O3S2. The molecule has 0 unspecified atom stereocenters. The van der Waals surface area contributed by atoms with Gasteiger partial charge in [-0.05, 0) is 57.6 Å². The van der Waals surface area contributed by atoms with Gasteiger partial charge in [0, 0.05) is 10.6 Å². The van der Waals surface area contributed by atoms with Gasteiger partial charge >= 0.3 is 5.97 Å². The molecule has 4 rings (SSSR count). The standard InChI is InChI=1S/C21H24N4O3S2/c1-4-28-20(27)15-10(2)17(23-11(15)3)13(26)9-29-21-24-18(22)16-12-7-5-6-8-14(12)30-19(16)25-21/h23H,4-9H2,1-3H3,(H2,22,24,25). The summed E-state index contributed by atoms with van der Waals surface area (Å²) in [7, 11) is 0. The lowest BCUT2D eigenvalue weighted by Gasteiger charge is -2.10. The lowest BCUT2D eigenvalue weighted by Crippen LogP contribution is -2.09. The molecule has 3 N–H and O–H groups in total. The number of hydrogen-bond acceptors (Lipinski definition) is 8. The smallest absolute Gasteiger partial charge is 0.340 e. The van der Waals surface area contributed by atoms with E-state index in [9.17, 15) is 9.59 Å². The first kappa shape index (κ1) is 20.9. The fraction of sp³-hybridized carbons (Fsp3) is 0.429. The minimum Gasteiger partial charge on any atom is -0.462 e. The number of esters is 1. The lowest BCUT2D eigenvalue weighted by atomic mass is 9.97. The van der Waals surface area contributed by atoms with Gasteiger partial charge in [-0.1, -0.05) is 11.8 Å². The van der Waals surface area contributed by atoms with Crippen molar-refractivity contribution in [2.24, 2.45) is 0 Å². The van der Waals surface area contributed by atoms with E-state index >= 15 is 0 Å². The zero-order chi connectivity index (χ0) is 21.4. The Morgan fingerprint density at radius 1 is 1.23 bits per heavy atom. The molecule has 3 aromatic rings. The first-order valence-electron chi connectivity index (χ1n) is 10.0. The maximum absolute atomic E-state index is 12.8. The summed E-state index contributed by atoms with van der Waals surface area (Å²) in [6, 6.07) is 0. The molecule has 0 aliphatic heterocycles. The van der Waals surface area contributed by atoms with Gasteiger partial charge in [-0.15, -0.1) is 11.3 Å². The fourth-order valence-corrected chi connectivity index (χ4v) is 6.02. The zero-order valence-electron chi connectivity index (χ0n) is 17.3. The second-order valence-electron chi connectivity index (χ2n) is 7.34. The van der Waals surface area contributed by atoms with Crippen molar-refractivity contribution < 1.29 is 14.3 Å². The third-order valence-electron chi connectivity index (χ3n) is 5.35. The SMILES string of the molecule is CCOC(=O)c1c(C)[nH]c(C(=O)CSc2nc(N)c3c4c(sc3n2)CCCC4)c1C. The zero-order valence-corrected chi connectivity index (χ0v) is 18.9. The van der Waals surface area contributed by atoms with Crippen LogP contribution in [0.3, 0.4) is 0 Å². The van der Waals surface area contributed by atoms with E-state index in [4.69, 9.17) is 10.5 Å². The number of aryl methyl sites for hydroxylation is 3. The predicted molar refractivity (Wildman–Crippen MR) is 120 cm³/mol. The van der Waals surface area contributed by atoms with Crippen molar-refractivity contribution >= 4 is 50.9 Å². The molecule has 0 fully saturated rings. The molecule has 1 aliphatic carbocycles. The van der Waals surface area contributed by atoms with Crippen LogP contribution >= 0.6 is 23.1 Å². The van der Waals surface area contributed by atoms with Crippen LogP contribution in [0.15, 0.2) is 5.16 Å². The number of ketones is 1. The number of ether oxygens (including phenoxy) is 1. The topological polar surface area (TPSA) is 111 Å². The number of anilines is 1. The van der Waals surface area contributed by atoms with E-state index in [-0.39, 0.29) is 18.1 Å². The molecule has 0 spiro atoms. The van der Waals surface area contributed by atoms with Crippen LogP contribution in [0.5, 0.6) is 0 Å². The number of nitrogens with two attached hydrogens (primary N) is 1. The number of H-pyrrole nitrogens is 1. The van der Waals surface area contributed by atoms with E-state index < -0.39 is 5.97 Å². The third-order valence-corrected chi connectivity index (χ3v) is 7.38. The molecule has 0 saturated heterocycles. The average molecular weight is 445 g/mol. The highest BCUT2D eigenvalue weighted by Crippen LogP contribution is 2.38. The second kappa shape index (κ2) is 8.39. The minimum atomic E-state index is -0.418. The van der Waals surface area contributed by atoms with E-state index in [1.54, 1.807) is 32.1 Å². The number of thiophene rings is 1. The van der Waals surface area contributed by atoms with Crippen molar-refractivity contribution in [3.05, 3.63) is 33.0 Å². The summed E-state index contributed by atoms with van der Waals surface area (Å²) >= 11 is 2.95. The maximum atomic E-state index is 12.8. The van der Waals surface area contributed by atoms with E-state index in [1.807, 2.05) is 0 Å². The number of nitrogens with zero attached hydrogens (tertiary/aromatic N) is 2. The summed E-state index contributed by atoms with van der Waals surface area (Å²) in [5, 5.41) is 1.48. The number of carbonyl (C=O) groups excluding carboxylic acids is 2. The van der Waals surface area contributed by atoms with Crippen molar-refractivity contribution in [2.45, 2.75) is 51.6 Å². The molecule has 1 aliphatic rings. The molecule has 3 aromatic heterocycles. The van der Waals surface area contributed by atoms with Crippen LogP contribution < -0.4 is 5.73 Å². The largest absolute Gasteiger partial charge is 0.462 e. The average Bonchev–Trinajstić information content (AvgIpc) is 3.23. The lowest BCUT2D eigenvalue weighted by molar-refractivity contribution is 0.0525. The van der Waals surface area contributed by atoms with E-state index in [0.717, 1.165) is 23.1 Å². The molecule has 3 heterocycles. The normalized spacial score (nSPS) is 13.4. The number of aromatic nitrogens is 3. The van der Waals surface area contributed by atoms with E-state index in [1.165, 1.54) is 35.0 Å². The predicted octanol–water partition coefficient (Wildman–Crippen LogP) is 4.25. The molecule has 30 heavy (non-hydrogen) atoms. The summed E-state index contributed by atoms with van der Waals surface area (Å²) in [6.45, 7) is 5.56. The quantitative estimate of drug-likeness (QED) is 0.253. The molecule has 158 valence electrons. The van der Waals surface area contributed by atoms with Crippen LogP contribution in [-0.4, -0.2) is 39.1 Å². The number of Topliss-reactive ketones (excluding diaryl/α,β-unsaturated/α-hetero) is 1. The summed E-state index contributed by atoms with van der Waals surface area (Å²) in [5.74, 6) is 0.104. The van der Waals surface area contributed by atoms with Crippen molar-refractivity contribution in [3.8, 4) is 0 Å². The van der Waals surface area contributed by atoms with E-state index in [2.05, 4.69) is 15.0 Å². The minimum absolute atomic E-state index is 0.121. The highest BCUT2D eigenvalue weighted by molar-refractivity contribution is 7.99. The summed E-state index contributed by atoms with van der Waals surface area (Å²) in [4.78, 5) is 39.4. The van der Waals surface area contributed by atoms with Crippen molar-refractivity contribution in [2.75, 3.05) is 18.1 Å². The molecule has 0 bridgehead atoms. The molecule has 0 atom stereocenters. The number of carbonyl (C=O) groups is 2. The number of hydrogen-bond donors (Lipinski definition) is 2. The summed E-state index contributed by atoms with van der Waals surface area (Å²) in [6.07, 6.45) is 4.48. The number of aromatic amines is 1. The Labute approximate surface area is 182 Å². The molecule has 0 amide bonds. The van der Waals surface area contributed by atoms with Crippen molar-refractivity contribution in [1.29, 1.82) is 0 Å². The van der Waals surface area contributed by atoms with E-state index in [0.29, 0.717) is 33.5 Å². The Hall–Kier alpha value is -2.39. The van der Waals surface area contributed by atoms with Crippen LogP contribution in [-0.2, 0) is 17.6 Å². The number of nitrogen functional groups attached to an aromatic ring is 1. The van der Waals surface area contributed by atoms with Crippen molar-refractivity contribution in [1.82, 2.24) is 15.0 Å². The van der Waals surface area contributed by atoms with Crippen LogP contribution in [0, 0.1) is 13.8 Å². The molecule has 0 aromatic carbocycles. The van der Waals surface area contributed by atoms with Gasteiger partial charge in [-0.25, -0.2) is 14.8 Å². The van der Waals surface area contributed by atoms with Gasteiger partial charge in [-0.2, -0.15) is 0 Å².